The molecule has 0 heterocycles. The van der Waals surface area contributed by atoms with E-state index in [0.29, 0.717) is 5.56 Å². The molecule has 0 saturated heterocycles. The number of ether oxygens (including phenoxy) is 1. The first kappa shape index (κ1) is 18.4. The molecule has 0 aliphatic rings. The van der Waals surface area contributed by atoms with Gasteiger partial charge in [-0.25, -0.2) is 0 Å². The molecule has 0 bridgehead atoms. The molecule has 0 aromatic heterocycles. The van der Waals surface area contributed by atoms with Gasteiger partial charge < -0.3 is 15.4 Å². The van der Waals surface area contributed by atoms with Gasteiger partial charge in [0, 0.05) is 11.6 Å². The monoisotopic (exact) mass is 342 g/mol. The molecule has 0 aliphatic carbocycles. The van der Waals surface area contributed by atoms with Crippen LogP contribution in [0.2, 0.25) is 0 Å². The van der Waals surface area contributed by atoms with Crippen molar-refractivity contribution < 1.29 is 19.1 Å². The molecule has 0 saturated carbocycles. The zero-order valence-corrected chi connectivity index (χ0v) is 14.4. The van der Waals surface area contributed by atoms with E-state index in [9.17, 15) is 14.4 Å². The Morgan fingerprint density at radius 1 is 1.08 bits per heavy atom. The van der Waals surface area contributed by atoms with Gasteiger partial charge in [0.1, 0.15) is 6.54 Å². The van der Waals surface area contributed by atoms with Crippen molar-refractivity contribution in [3.05, 3.63) is 48.0 Å². The number of esters is 1. The molecule has 0 aliphatic heterocycles. The van der Waals surface area contributed by atoms with E-state index in [-0.39, 0.29) is 31.0 Å². The first-order valence-electron chi connectivity index (χ1n) is 8.21. The van der Waals surface area contributed by atoms with Crippen LogP contribution in [0.25, 0.3) is 10.8 Å². The minimum Gasteiger partial charge on any atom is -0.454 e. The van der Waals surface area contributed by atoms with Gasteiger partial charge in [-0.1, -0.05) is 37.3 Å². The van der Waals surface area contributed by atoms with E-state index in [1.54, 1.807) is 12.1 Å². The highest BCUT2D eigenvalue weighted by atomic mass is 16.5. The van der Waals surface area contributed by atoms with E-state index < -0.39 is 5.97 Å². The number of amides is 2. The number of carbonyl (C=O) groups excluding carboxylic acids is 3. The largest absolute Gasteiger partial charge is 0.454 e. The van der Waals surface area contributed by atoms with Gasteiger partial charge in [-0.2, -0.15) is 0 Å². The molecular weight excluding hydrogens is 320 g/mol. The number of hydrogen-bond donors (Lipinski definition) is 2. The second-order valence-corrected chi connectivity index (χ2v) is 5.78. The zero-order chi connectivity index (χ0) is 18.2. The van der Waals surface area contributed by atoms with Crippen molar-refractivity contribution in [3.63, 3.8) is 0 Å². The lowest BCUT2D eigenvalue weighted by Gasteiger charge is -2.11. The van der Waals surface area contributed by atoms with Gasteiger partial charge in [-0.05, 0) is 36.2 Å². The third-order valence-electron chi connectivity index (χ3n) is 3.79. The molecular formula is C19H22N2O4. The Bertz CT molecular complexity index is 773. The highest BCUT2D eigenvalue weighted by Crippen LogP contribution is 2.15. The van der Waals surface area contributed by atoms with Crippen LogP contribution in [0, 0.1) is 0 Å². The number of carbonyl (C=O) groups is 3. The predicted octanol–water partition coefficient (Wildman–Crippen LogP) is 2.03. The first-order valence-corrected chi connectivity index (χ1v) is 8.21. The summed E-state index contributed by atoms with van der Waals surface area (Å²) in [5.74, 6) is -1.39. The standard InChI is InChI=1S/C19H22N2O4/c1-3-13(2)21-17(22)12-25-18(23)11-20-19(24)16-9-8-14-6-4-5-7-15(14)10-16/h4-10,13H,3,11-12H2,1-2H3,(H,20,24)(H,21,22)/t13-/m0/s1. The predicted molar refractivity (Wildman–Crippen MR) is 95.1 cm³/mol. The SMILES string of the molecule is CC[C@H](C)NC(=O)COC(=O)CNC(=O)c1ccc2ccccc2c1. The molecule has 0 unspecified atom stereocenters. The molecule has 0 spiro atoms. The van der Waals surface area contributed by atoms with Crippen LogP contribution in [0.4, 0.5) is 0 Å². The normalized spacial score (nSPS) is 11.6. The fourth-order valence-electron chi connectivity index (χ4n) is 2.20. The molecule has 2 rings (SSSR count). The molecule has 0 radical (unpaired) electrons. The molecule has 0 fully saturated rings. The quantitative estimate of drug-likeness (QED) is 0.754. The summed E-state index contributed by atoms with van der Waals surface area (Å²) in [5.41, 5.74) is 0.459. The van der Waals surface area contributed by atoms with Crippen molar-refractivity contribution in [2.45, 2.75) is 26.3 Å². The van der Waals surface area contributed by atoms with Crippen LogP contribution in [-0.4, -0.2) is 37.0 Å². The van der Waals surface area contributed by atoms with Crippen molar-refractivity contribution in [2.24, 2.45) is 0 Å². The zero-order valence-electron chi connectivity index (χ0n) is 14.4. The summed E-state index contributed by atoms with van der Waals surface area (Å²) in [6.45, 7) is 3.17. The smallest absolute Gasteiger partial charge is 0.325 e. The van der Waals surface area contributed by atoms with Crippen LogP contribution in [-0.2, 0) is 14.3 Å². The van der Waals surface area contributed by atoms with Crippen LogP contribution in [0.1, 0.15) is 30.6 Å². The maximum absolute atomic E-state index is 12.1. The lowest BCUT2D eigenvalue weighted by atomic mass is 10.1. The Hall–Kier alpha value is -2.89. The van der Waals surface area contributed by atoms with Gasteiger partial charge in [-0.15, -0.1) is 0 Å². The van der Waals surface area contributed by atoms with Gasteiger partial charge >= 0.3 is 5.97 Å². The van der Waals surface area contributed by atoms with E-state index in [2.05, 4.69) is 10.6 Å². The number of hydrogen-bond acceptors (Lipinski definition) is 4. The highest BCUT2D eigenvalue weighted by molar-refractivity contribution is 5.99. The first-order chi connectivity index (χ1) is 12.0. The minimum atomic E-state index is -0.659. The number of rotatable bonds is 7. The Kier molecular flexibility index (Phi) is 6.51. The lowest BCUT2D eigenvalue weighted by molar-refractivity contribution is -0.147. The second kappa shape index (κ2) is 8.82. The minimum absolute atomic E-state index is 0.0267. The third-order valence-corrected chi connectivity index (χ3v) is 3.79. The molecule has 6 heteroatoms. The van der Waals surface area contributed by atoms with Crippen molar-refractivity contribution in [1.29, 1.82) is 0 Å². The van der Waals surface area contributed by atoms with Crippen molar-refractivity contribution in [1.82, 2.24) is 10.6 Å². The van der Waals surface area contributed by atoms with Crippen molar-refractivity contribution in [3.8, 4) is 0 Å². The molecule has 25 heavy (non-hydrogen) atoms. The average molecular weight is 342 g/mol. The van der Waals surface area contributed by atoms with Gasteiger partial charge in [0.2, 0.25) is 0 Å². The Balaban J connectivity index is 1.80. The summed E-state index contributed by atoms with van der Waals surface area (Å²) in [6, 6.07) is 13.0. The highest BCUT2D eigenvalue weighted by Gasteiger charge is 2.12. The maximum Gasteiger partial charge on any atom is 0.325 e. The fourth-order valence-corrected chi connectivity index (χ4v) is 2.20. The van der Waals surface area contributed by atoms with E-state index in [0.717, 1.165) is 17.2 Å². The molecule has 1 atom stereocenters. The van der Waals surface area contributed by atoms with Crippen LogP contribution >= 0.6 is 0 Å². The molecule has 2 amide bonds. The van der Waals surface area contributed by atoms with Crippen LogP contribution in [0.5, 0.6) is 0 Å². The Morgan fingerprint density at radius 2 is 1.80 bits per heavy atom. The van der Waals surface area contributed by atoms with E-state index in [1.165, 1.54) is 0 Å². The summed E-state index contributed by atoms with van der Waals surface area (Å²) < 4.78 is 4.84. The number of fused-ring (bicyclic) bond motifs is 1. The van der Waals surface area contributed by atoms with Gasteiger partial charge in [0.05, 0.1) is 0 Å². The number of benzene rings is 2. The van der Waals surface area contributed by atoms with E-state index in [4.69, 9.17) is 4.74 Å². The maximum atomic E-state index is 12.1. The van der Waals surface area contributed by atoms with Crippen LogP contribution in [0.3, 0.4) is 0 Å². The number of nitrogens with one attached hydrogen (secondary N) is 2. The van der Waals surface area contributed by atoms with Gasteiger partial charge in [-0.3, -0.25) is 14.4 Å². The van der Waals surface area contributed by atoms with Gasteiger partial charge in [0.25, 0.3) is 11.8 Å². The van der Waals surface area contributed by atoms with Crippen LogP contribution < -0.4 is 10.6 Å². The summed E-state index contributed by atoms with van der Waals surface area (Å²) >= 11 is 0. The van der Waals surface area contributed by atoms with Crippen LogP contribution in [0.15, 0.2) is 42.5 Å². The molecule has 2 aromatic rings. The Labute approximate surface area is 146 Å². The topological polar surface area (TPSA) is 84.5 Å². The second-order valence-electron chi connectivity index (χ2n) is 5.78. The third kappa shape index (κ3) is 5.60. The fraction of sp³-hybridized carbons (Fsp3) is 0.316. The van der Waals surface area contributed by atoms with E-state index in [1.807, 2.05) is 44.2 Å². The van der Waals surface area contributed by atoms with E-state index >= 15 is 0 Å². The molecule has 132 valence electrons. The van der Waals surface area contributed by atoms with Crippen molar-refractivity contribution >= 4 is 28.6 Å². The molecule has 2 N–H and O–H groups in total. The molecule has 2 aromatic carbocycles. The summed E-state index contributed by atoms with van der Waals surface area (Å²) in [5, 5.41) is 7.16. The average Bonchev–Trinajstić information content (AvgIpc) is 2.63. The van der Waals surface area contributed by atoms with Gasteiger partial charge in [0.15, 0.2) is 6.61 Å². The Morgan fingerprint density at radius 3 is 2.52 bits per heavy atom. The summed E-state index contributed by atoms with van der Waals surface area (Å²) in [6.07, 6.45) is 0.793. The lowest BCUT2D eigenvalue weighted by Crippen LogP contribution is -2.37. The van der Waals surface area contributed by atoms with Crippen molar-refractivity contribution in [2.75, 3.05) is 13.2 Å². The summed E-state index contributed by atoms with van der Waals surface area (Å²) in [4.78, 5) is 35.3. The summed E-state index contributed by atoms with van der Waals surface area (Å²) in [7, 11) is 0. The molecule has 6 nitrogen and oxygen atoms in total.